The van der Waals surface area contributed by atoms with Crippen molar-refractivity contribution in [2.45, 2.75) is 86.6 Å². The van der Waals surface area contributed by atoms with Crippen LogP contribution in [0.3, 0.4) is 0 Å². The topological polar surface area (TPSA) is 73.8 Å². The van der Waals surface area contributed by atoms with E-state index in [1.165, 1.54) is 0 Å². The minimum absolute atomic E-state index is 0.0331. The lowest BCUT2D eigenvalue weighted by molar-refractivity contribution is -0.448. The van der Waals surface area contributed by atoms with E-state index in [9.17, 15) is 0 Å². The van der Waals surface area contributed by atoms with Crippen LogP contribution in [-0.4, -0.2) is 113 Å². The molecule has 0 aliphatic carbocycles. The maximum absolute atomic E-state index is 6.72. The van der Waals surface area contributed by atoms with Crippen LogP contribution in [0.5, 0.6) is 0 Å². The molecule has 0 bridgehead atoms. The Labute approximate surface area is 194 Å². The largest absolute Gasteiger partial charge is 0.349 e. The Hall–Kier alpha value is 0.540. The van der Waals surface area contributed by atoms with Crippen molar-refractivity contribution in [1.29, 1.82) is 0 Å². The van der Waals surface area contributed by atoms with Gasteiger partial charge in [0.25, 0.3) is 0 Å². The van der Waals surface area contributed by atoms with Crippen LogP contribution in [0, 0.1) is 0 Å². The Morgan fingerprint density at radius 2 is 0.844 bits per heavy atom. The summed E-state index contributed by atoms with van der Waals surface area (Å²) in [5.74, 6) is -3.95. The number of methoxy groups -OCH3 is 4. The number of rotatable bonds is 5. The van der Waals surface area contributed by atoms with E-state index in [0.29, 0.717) is 11.3 Å². The predicted octanol–water partition coefficient (Wildman–Crippen LogP) is 2.99. The van der Waals surface area contributed by atoms with Crippen molar-refractivity contribution in [3.8, 4) is 0 Å². The molecule has 0 spiro atoms. The van der Waals surface area contributed by atoms with Crippen LogP contribution in [0.15, 0.2) is 0 Å². The Morgan fingerprint density at radius 3 is 1.12 bits per heavy atom. The van der Waals surface area contributed by atoms with E-state index in [-0.39, 0.29) is 40.3 Å². The SMILES string of the molecule is CO[C@@]1(C)O[C@H]2[C@@H](CP(C)[C@H]2C2[C@H]3O[C@](C)(OC)[C@@](C)(OC)O[C@@H]3CP2C)O[C@]1(C)OC. The second-order valence-corrected chi connectivity index (χ2v) is 14.9. The minimum Gasteiger partial charge on any atom is -0.349 e. The fourth-order valence-electron chi connectivity index (χ4n) is 5.83. The summed E-state index contributed by atoms with van der Waals surface area (Å²) in [4.78, 5) is 0. The fraction of sp³-hybridized carbons (Fsp3) is 1.00. The summed E-state index contributed by atoms with van der Waals surface area (Å²) in [7, 11) is 5.85. The Kier molecular flexibility index (Phi) is 6.87. The Balaban J connectivity index is 1.65. The summed E-state index contributed by atoms with van der Waals surface area (Å²) < 4.78 is 49.6. The van der Waals surface area contributed by atoms with Gasteiger partial charge in [0.05, 0.1) is 24.4 Å². The summed E-state index contributed by atoms with van der Waals surface area (Å²) >= 11 is 0. The summed E-state index contributed by atoms with van der Waals surface area (Å²) in [6, 6.07) is 0. The first-order valence-electron chi connectivity index (χ1n) is 11.2. The lowest BCUT2D eigenvalue weighted by atomic mass is 9.96. The van der Waals surface area contributed by atoms with Crippen molar-refractivity contribution in [1.82, 2.24) is 0 Å². The molecule has 0 saturated carbocycles. The highest BCUT2D eigenvalue weighted by atomic mass is 31.1. The van der Waals surface area contributed by atoms with E-state index in [1.807, 2.05) is 27.7 Å². The van der Waals surface area contributed by atoms with Crippen molar-refractivity contribution in [3.63, 3.8) is 0 Å². The molecule has 12 atom stereocenters. The molecule has 32 heavy (non-hydrogen) atoms. The predicted molar refractivity (Wildman–Crippen MR) is 124 cm³/mol. The van der Waals surface area contributed by atoms with E-state index < -0.39 is 23.1 Å². The van der Waals surface area contributed by atoms with Crippen LogP contribution in [0.4, 0.5) is 0 Å². The number of fused-ring (bicyclic) bond motifs is 2. The summed E-state index contributed by atoms with van der Waals surface area (Å²) in [6.45, 7) is 12.3. The molecule has 4 rings (SSSR count). The molecule has 0 aromatic rings. The van der Waals surface area contributed by atoms with Gasteiger partial charge in [-0.1, -0.05) is 0 Å². The molecule has 0 aromatic heterocycles. The maximum atomic E-state index is 6.72. The van der Waals surface area contributed by atoms with Gasteiger partial charge in [-0.25, -0.2) is 0 Å². The van der Waals surface area contributed by atoms with Gasteiger partial charge in [0.15, 0.2) is 0 Å². The molecule has 186 valence electrons. The molecule has 8 nitrogen and oxygen atoms in total. The third-order valence-corrected chi connectivity index (χ3v) is 13.8. The van der Waals surface area contributed by atoms with Crippen LogP contribution in [-0.2, 0) is 37.9 Å². The molecule has 4 saturated heterocycles. The van der Waals surface area contributed by atoms with Crippen molar-refractivity contribution in [3.05, 3.63) is 0 Å². The van der Waals surface area contributed by atoms with Gasteiger partial charge < -0.3 is 37.9 Å². The van der Waals surface area contributed by atoms with Crippen molar-refractivity contribution in [2.24, 2.45) is 0 Å². The molecule has 0 amide bonds. The minimum atomic E-state index is -1.00. The third kappa shape index (κ3) is 3.56. The van der Waals surface area contributed by atoms with Gasteiger partial charge in [0, 0.05) is 39.8 Å². The van der Waals surface area contributed by atoms with Gasteiger partial charge in [-0.05, 0) is 53.3 Å². The summed E-state index contributed by atoms with van der Waals surface area (Å²) in [5, 5.41) is 0. The molecule has 0 radical (unpaired) electrons. The summed E-state index contributed by atoms with van der Waals surface area (Å²) in [5.41, 5.74) is 0.627. The van der Waals surface area contributed by atoms with Crippen molar-refractivity contribution in [2.75, 3.05) is 54.1 Å². The molecule has 3 unspecified atom stereocenters. The maximum Gasteiger partial charge on any atom is 0.220 e. The van der Waals surface area contributed by atoms with E-state index in [2.05, 4.69) is 13.3 Å². The van der Waals surface area contributed by atoms with Crippen LogP contribution in [0.25, 0.3) is 0 Å². The van der Waals surface area contributed by atoms with Gasteiger partial charge in [-0.15, -0.1) is 15.8 Å². The normalized spacial score (nSPS) is 57.9. The Bertz CT molecular complexity index is 657. The van der Waals surface area contributed by atoms with Crippen molar-refractivity contribution >= 4 is 15.8 Å². The second-order valence-electron chi connectivity index (χ2n) is 9.94. The second kappa shape index (κ2) is 8.58. The Morgan fingerprint density at radius 1 is 0.562 bits per heavy atom. The quantitative estimate of drug-likeness (QED) is 0.541. The molecule has 10 heteroatoms. The molecular formula is C22H40O8P2. The zero-order valence-corrected chi connectivity index (χ0v) is 22.8. The van der Waals surface area contributed by atoms with Gasteiger partial charge in [-0.2, -0.15) is 0 Å². The lowest BCUT2D eigenvalue weighted by Gasteiger charge is -2.53. The van der Waals surface area contributed by atoms with Gasteiger partial charge in [-0.3, -0.25) is 0 Å². The van der Waals surface area contributed by atoms with Gasteiger partial charge in [0.1, 0.15) is 0 Å². The first-order valence-corrected chi connectivity index (χ1v) is 15.3. The van der Waals surface area contributed by atoms with Gasteiger partial charge in [0.2, 0.25) is 23.1 Å². The van der Waals surface area contributed by atoms with Gasteiger partial charge >= 0.3 is 0 Å². The third-order valence-electron chi connectivity index (χ3n) is 8.39. The standard InChI is InChI=1S/C22H40O8P2/c1-19(23-5)21(3,25-7)29-15-13(27-19)11-31(9)17(15)18-16-14(12-32(18)10)28-20(2,24-6)22(4,26-8)30-16/h13-18H,11-12H2,1-10H3/t13-,14-,15+,16+,17-,18?,19+,20+,21+,22+,31?,32?/m1/s1. The van der Waals surface area contributed by atoms with E-state index in [0.717, 1.165) is 12.3 Å². The van der Waals surface area contributed by atoms with E-state index >= 15 is 0 Å². The zero-order valence-electron chi connectivity index (χ0n) is 21.0. The first-order chi connectivity index (χ1) is 14.9. The highest BCUT2D eigenvalue weighted by molar-refractivity contribution is 7.62. The molecule has 4 aliphatic rings. The number of hydrogen-bond acceptors (Lipinski definition) is 8. The van der Waals surface area contributed by atoms with Crippen LogP contribution in [0.2, 0.25) is 0 Å². The highest BCUT2D eigenvalue weighted by Gasteiger charge is 2.66. The number of hydrogen-bond donors (Lipinski definition) is 0. The smallest absolute Gasteiger partial charge is 0.220 e. The van der Waals surface area contributed by atoms with Crippen LogP contribution >= 0.6 is 15.8 Å². The zero-order chi connectivity index (χ0) is 23.7. The number of ether oxygens (including phenoxy) is 8. The molecule has 4 fully saturated rings. The van der Waals surface area contributed by atoms with Crippen LogP contribution in [0.1, 0.15) is 27.7 Å². The highest BCUT2D eigenvalue weighted by Crippen LogP contribution is 2.65. The first kappa shape index (κ1) is 25.6. The molecular weight excluding hydrogens is 454 g/mol. The molecule has 4 heterocycles. The average Bonchev–Trinajstić information content (AvgIpc) is 3.21. The average molecular weight is 495 g/mol. The molecule has 0 N–H and O–H groups in total. The molecule has 4 aliphatic heterocycles. The monoisotopic (exact) mass is 494 g/mol. The molecule has 0 aromatic carbocycles. The fourth-order valence-corrected chi connectivity index (χ4v) is 12.3. The summed E-state index contributed by atoms with van der Waals surface area (Å²) in [6.07, 6.45) is 1.71. The van der Waals surface area contributed by atoms with Crippen LogP contribution < -0.4 is 0 Å². The van der Waals surface area contributed by atoms with E-state index in [4.69, 9.17) is 37.9 Å². The van der Waals surface area contributed by atoms with E-state index in [1.54, 1.807) is 28.4 Å². The lowest BCUT2D eigenvalue weighted by Crippen LogP contribution is -2.68. The van der Waals surface area contributed by atoms with Crippen molar-refractivity contribution < 1.29 is 37.9 Å².